The quantitative estimate of drug-likeness (QED) is 0.920. The number of carboxylic acid groups (broad SMARTS) is 1. The first-order valence-electron chi connectivity index (χ1n) is 6.64. The number of carboxylic acids is 1. The summed E-state index contributed by atoms with van der Waals surface area (Å²) in [5, 5.41) is 8.76. The van der Waals surface area contributed by atoms with Crippen molar-refractivity contribution in [1.29, 1.82) is 0 Å². The zero-order valence-electron chi connectivity index (χ0n) is 12.6. The highest BCUT2D eigenvalue weighted by atomic mass is 32.1. The van der Waals surface area contributed by atoms with Crippen LogP contribution in [0.5, 0.6) is 5.75 Å². The second-order valence-corrected chi connectivity index (χ2v) is 6.12. The minimum absolute atomic E-state index is 0.282. The van der Waals surface area contributed by atoms with Crippen LogP contribution in [0.2, 0.25) is 0 Å². The standard InChI is InChI=1S/C16H17NO4S/c1-10-13(11-4-6-12(21-3)7-5-11)8-14(22-10)16(20)17(2)9-15(18)19/h4-8H,9H2,1-3H3,(H,18,19). The zero-order valence-corrected chi connectivity index (χ0v) is 13.4. The Morgan fingerprint density at radius 3 is 2.45 bits per heavy atom. The number of hydrogen-bond acceptors (Lipinski definition) is 4. The van der Waals surface area contributed by atoms with E-state index in [1.165, 1.54) is 23.3 Å². The van der Waals surface area contributed by atoms with Gasteiger partial charge in [-0.1, -0.05) is 12.1 Å². The molecule has 0 aliphatic heterocycles. The van der Waals surface area contributed by atoms with Gasteiger partial charge in [-0.05, 0) is 36.2 Å². The van der Waals surface area contributed by atoms with Gasteiger partial charge in [0, 0.05) is 11.9 Å². The molecule has 0 unspecified atom stereocenters. The number of methoxy groups -OCH3 is 1. The molecular weight excluding hydrogens is 302 g/mol. The van der Waals surface area contributed by atoms with Crippen LogP contribution >= 0.6 is 11.3 Å². The van der Waals surface area contributed by atoms with Crippen LogP contribution in [0, 0.1) is 6.92 Å². The van der Waals surface area contributed by atoms with Gasteiger partial charge in [0.2, 0.25) is 0 Å². The molecule has 1 aromatic carbocycles. The third-order valence-corrected chi connectivity index (χ3v) is 4.29. The molecule has 0 fully saturated rings. The zero-order chi connectivity index (χ0) is 16.3. The molecule has 5 nitrogen and oxygen atoms in total. The average Bonchev–Trinajstić information content (AvgIpc) is 2.87. The second kappa shape index (κ2) is 6.62. The van der Waals surface area contributed by atoms with E-state index in [2.05, 4.69) is 0 Å². The largest absolute Gasteiger partial charge is 0.497 e. The van der Waals surface area contributed by atoms with Crippen molar-refractivity contribution in [3.8, 4) is 16.9 Å². The van der Waals surface area contributed by atoms with E-state index in [9.17, 15) is 9.59 Å². The number of hydrogen-bond donors (Lipinski definition) is 1. The van der Waals surface area contributed by atoms with Gasteiger partial charge in [0.05, 0.1) is 12.0 Å². The molecule has 1 heterocycles. The minimum atomic E-state index is -1.03. The molecular formula is C16H17NO4S. The Bertz CT molecular complexity index is 691. The third-order valence-electron chi connectivity index (χ3n) is 3.25. The van der Waals surface area contributed by atoms with Gasteiger partial charge < -0.3 is 14.7 Å². The van der Waals surface area contributed by atoms with Gasteiger partial charge in [-0.3, -0.25) is 9.59 Å². The second-order valence-electron chi connectivity index (χ2n) is 4.86. The summed E-state index contributed by atoms with van der Waals surface area (Å²) in [5.74, 6) is -0.538. The number of ether oxygens (including phenoxy) is 1. The van der Waals surface area contributed by atoms with Crippen LogP contribution in [0.15, 0.2) is 30.3 Å². The van der Waals surface area contributed by atoms with E-state index in [-0.39, 0.29) is 12.5 Å². The monoisotopic (exact) mass is 319 g/mol. The Morgan fingerprint density at radius 2 is 1.91 bits per heavy atom. The average molecular weight is 319 g/mol. The highest BCUT2D eigenvalue weighted by molar-refractivity contribution is 7.14. The van der Waals surface area contributed by atoms with Crippen molar-refractivity contribution in [2.75, 3.05) is 20.7 Å². The number of nitrogens with zero attached hydrogens (tertiary/aromatic N) is 1. The molecule has 0 bridgehead atoms. The van der Waals surface area contributed by atoms with Crippen molar-refractivity contribution in [3.63, 3.8) is 0 Å². The first-order valence-corrected chi connectivity index (χ1v) is 7.46. The molecule has 0 radical (unpaired) electrons. The molecule has 0 saturated carbocycles. The summed E-state index contributed by atoms with van der Waals surface area (Å²) in [7, 11) is 3.10. The number of likely N-dealkylation sites (N-methyl/N-ethyl adjacent to an activating group) is 1. The first-order chi connectivity index (χ1) is 10.4. The van der Waals surface area contributed by atoms with Crippen molar-refractivity contribution in [2.45, 2.75) is 6.92 Å². The van der Waals surface area contributed by atoms with Crippen molar-refractivity contribution >= 4 is 23.2 Å². The molecule has 1 N–H and O–H groups in total. The van der Waals surface area contributed by atoms with Crippen molar-refractivity contribution in [2.24, 2.45) is 0 Å². The number of thiophene rings is 1. The van der Waals surface area contributed by atoms with Crippen LogP contribution in [0.25, 0.3) is 11.1 Å². The molecule has 6 heteroatoms. The molecule has 2 aromatic rings. The Labute approximate surface area is 132 Å². The van der Waals surface area contributed by atoms with Gasteiger partial charge in [-0.25, -0.2) is 0 Å². The number of aliphatic carboxylic acids is 1. The Balaban J connectivity index is 2.27. The van der Waals surface area contributed by atoms with Crippen molar-refractivity contribution < 1.29 is 19.4 Å². The van der Waals surface area contributed by atoms with E-state index in [1.54, 1.807) is 7.11 Å². The van der Waals surface area contributed by atoms with Gasteiger partial charge in [0.25, 0.3) is 5.91 Å². The van der Waals surface area contributed by atoms with Crippen LogP contribution in [-0.2, 0) is 4.79 Å². The molecule has 0 aliphatic rings. The van der Waals surface area contributed by atoms with Crippen molar-refractivity contribution in [3.05, 3.63) is 40.1 Å². The van der Waals surface area contributed by atoms with E-state index in [0.29, 0.717) is 4.88 Å². The van der Waals surface area contributed by atoms with Crippen LogP contribution in [0.3, 0.4) is 0 Å². The summed E-state index contributed by atoms with van der Waals surface area (Å²) in [6.45, 7) is 1.63. The van der Waals surface area contributed by atoms with E-state index in [1.807, 2.05) is 37.3 Å². The number of benzene rings is 1. The predicted molar refractivity (Wildman–Crippen MR) is 85.6 cm³/mol. The van der Waals surface area contributed by atoms with Crippen molar-refractivity contribution in [1.82, 2.24) is 4.90 Å². The fourth-order valence-corrected chi connectivity index (χ4v) is 3.14. The maximum Gasteiger partial charge on any atom is 0.323 e. The molecule has 0 aliphatic carbocycles. The number of carbonyl (C=O) groups excluding carboxylic acids is 1. The number of carbonyl (C=O) groups is 2. The maximum atomic E-state index is 12.2. The summed E-state index contributed by atoms with van der Waals surface area (Å²) in [4.78, 5) is 25.7. The highest BCUT2D eigenvalue weighted by Gasteiger charge is 2.18. The lowest BCUT2D eigenvalue weighted by atomic mass is 10.1. The summed E-state index contributed by atoms with van der Waals surface area (Å²) in [6.07, 6.45) is 0. The van der Waals surface area contributed by atoms with E-state index < -0.39 is 5.97 Å². The fourth-order valence-electron chi connectivity index (χ4n) is 2.11. The molecule has 1 amide bonds. The van der Waals surface area contributed by atoms with Crippen LogP contribution in [-0.4, -0.2) is 42.6 Å². The van der Waals surface area contributed by atoms with Crippen LogP contribution in [0.4, 0.5) is 0 Å². The number of rotatable bonds is 5. The van der Waals surface area contributed by atoms with E-state index in [4.69, 9.17) is 9.84 Å². The summed E-state index contributed by atoms with van der Waals surface area (Å²) < 4.78 is 5.13. The first kappa shape index (κ1) is 16.0. The van der Waals surface area contributed by atoms with Gasteiger partial charge in [0.1, 0.15) is 12.3 Å². The SMILES string of the molecule is COc1ccc(-c2cc(C(=O)N(C)CC(=O)O)sc2C)cc1. The van der Waals surface area contributed by atoms with Gasteiger partial charge in [-0.15, -0.1) is 11.3 Å². The van der Waals surface area contributed by atoms with Crippen LogP contribution < -0.4 is 4.74 Å². The summed E-state index contributed by atoms with van der Waals surface area (Å²) in [6, 6.07) is 9.41. The Kier molecular flexibility index (Phi) is 4.82. The molecule has 0 atom stereocenters. The minimum Gasteiger partial charge on any atom is -0.497 e. The summed E-state index contributed by atoms with van der Waals surface area (Å²) >= 11 is 1.37. The molecule has 1 aromatic heterocycles. The van der Waals surface area contributed by atoms with E-state index in [0.717, 1.165) is 21.8 Å². The normalized spacial score (nSPS) is 10.3. The molecule has 22 heavy (non-hydrogen) atoms. The van der Waals surface area contributed by atoms with Gasteiger partial charge in [0.15, 0.2) is 0 Å². The third kappa shape index (κ3) is 3.46. The molecule has 0 spiro atoms. The smallest absolute Gasteiger partial charge is 0.323 e. The molecule has 116 valence electrons. The Morgan fingerprint density at radius 1 is 1.27 bits per heavy atom. The molecule has 2 rings (SSSR count). The molecule has 0 saturated heterocycles. The highest BCUT2D eigenvalue weighted by Crippen LogP contribution is 2.32. The lowest BCUT2D eigenvalue weighted by Gasteiger charge is -2.12. The fraction of sp³-hybridized carbons (Fsp3) is 0.250. The Hall–Kier alpha value is -2.34. The van der Waals surface area contributed by atoms with Gasteiger partial charge >= 0.3 is 5.97 Å². The number of amides is 1. The van der Waals surface area contributed by atoms with Gasteiger partial charge in [-0.2, -0.15) is 0 Å². The van der Waals surface area contributed by atoms with Crippen LogP contribution in [0.1, 0.15) is 14.5 Å². The predicted octanol–water partition coefficient (Wildman–Crippen LogP) is 2.89. The maximum absolute atomic E-state index is 12.2. The van der Waals surface area contributed by atoms with E-state index >= 15 is 0 Å². The number of aryl methyl sites for hydroxylation is 1. The summed E-state index contributed by atoms with van der Waals surface area (Å²) in [5.41, 5.74) is 1.97. The lowest BCUT2D eigenvalue weighted by molar-refractivity contribution is -0.137. The lowest BCUT2D eigenvalue weighted by Crippen LogP contribution is -2.31. The topological polar surface area (TPSA) is 66.8 Å².